The smallest absolute Gasteiger partial charge is 0.243 e. The minimum absolute atomic E-state index is 0.127. The monoisotopic (exact) mass is 492 g/mol. The molecule has 1 aliphatic heterocycles. The van der Waals surface area contributed by atoms with E-state index in [4.69, 9.17) is 18.9 Å². The van der Waals surface area contributed by atoms with Gasteiger partial charge in [-0.25, -0.2) is 8.42 Å². The van der Waals surface area contributed by atoms with Gasteiger partial charge in [0.1, 0.15) is 11.5 Å². The number of ether oxygens (including phenoxy) is 4. The second-order valence-electron chi connectivity index (χ2n) is 7.71. The minimum Gasteiger partial charge on any atom is -0.494 e. The summed E-state index contributed by atoms with van der Waals surface area (Å²) in [6, 6.07) is 9.81. The number of nitrogens with one attached hydrogen (secondary N) is 1. The number of sulfonamides is 1. The third-order valence-electron chi connectivity index (χ3n) is 5.64. The van der Waals surface area contributed by atoms with Gasteiger partial charge in [0.25, 0.3) is 0 Å². The van der Waals surface area contributed by atoms with Crippen LogP contribution in [0.4, 0.5) is 5.69 Å². The van der Waals surface area contributed by atoms with Gasteiger partial charge in [0, 0.05) is 31.1 Å². The third-order valence-corrected chi connectivity index (χ3v) is 7.53. The Labute approximate surface area is 201 Å². The Morgan fingerprint density at radius 2 is 1.59 bits per heavy atom. The maximum Gasteiger partial charge on any atom is 0.243 e. The van der Waals surface area contributed by atoms with E-state index in [1.165, 1.54) is 30.7 Å². The van der Waals surface area contributed by atoms with Crippen molar-refractivity contribution in [2.45, 2.75) is 31.6 Å². The lowest BCUT2D eigenvalue weighted by Gasteiger charge is -2.30. The summed E-state index contributed by atoms with van der Waals surface area (Å²) in [6.07, 6.45) is 0.820. The molecule has 0 atom stereocenters. The number of hydrogen-bond acceptors (Lipinski definition) is 7. The van der Waals surface area contributed by atoms with Crippen LogP contribution in [0.3, 0.4) is 0 Å². The second-order valence-corrected chi connectivity index (χ2v) is 9.65. The van der Waals surface area contributed by atoms with Crippen LogP contribution in [0.15, 0.2) is 41.3 Å². The number of nitrogens with zero attached hydrogens (tertiary/aromatic N) is 1. The van der Waals surface area contributed by atoms with Crippen molar-refractivity contribution in [3.05, 3.63) is 36.4 Å². The summed E-state index contributed by atoms with van der Waals surface area (Å²) in [5.41, 5.74) is 0.540. The van der Waals surface area contributed by atoms with Gasteiger partial charge in [-0.05, 0) is 51.0 Å². The summed E-state index contributed by atoms with van der Waals surface area (Å²) >= 11 is 0. The molecule has 1 saturated heterocycles. The number of amides is 1. The Hall–Kier alpha value is -2.98. The van der Waals surface area contributed by atoms with Gasteiger partial charge in [-0.1, -0.05) is 0 Å². The highest BCUT2D eigenvalue weighted by Gasteiger charge is 2.33. The Balaban J connectivity index is 1.68. The molecule has 1 aliphatic rings. The molecule has 1 N–H and O–H groups in total. The van der Waals surface area contributed by atoms with Crippen molar-refractivity contribution in [3.8, 4) is 23.0 Å². The van der Waals surface area contributed by atoms with Gasteiger partial charge in [-0.2, -0.15) is 4.31 Å². The quantitative estimate of drug-likeness (QED) is 0.541. The molecule has 3 rings (SSSR count). The fourth-order valence-corrected chi connectivity index (χ4v) is 5.35. The third kappa shape index (κ3) is 5.74. The van der Waals surface area contributed by atoms with Crippen molar-refractivity contribution in [3.63, 3.8) is 0 Å². The standard InChI is InChI=1S/C24H32N2O7S/c1-5-32-18-7-9-21(33-6-2)20(15-18)25-24(27)17-11-13-26(14-12-17)34(28,29)19-8-10-22(30-3)23(16-19)31-4/h7-10,15-17H,5-6,11-14H2,1-4H3,(H,25,27). The molecule has 0 radical (unpaired) electrons. The van der Waals surface area contributed by atoms with E-state index in [1.54, 1.807) is 24.3 Å². The van der Waals surface area contributed by atoms with Gasteiger partial charge in [0.05, 0.1) is 38.0 Å². The number of piperidine rings is 1. The van der Waals surface area contributed by atoms with E-state index in [0.717, 1.165) is 0 Å². The van der Waals surface area contributed by atoms with E-state index in [0.29, 0.717) is 54.7 Å². The Morgan fingerprint density at radius 1 is 0.941 bits per heavy atom. The first kappa shape index (κ1) is 25.6. The maximum atomic E-state index is 13.1. The van der Waals surface area contributed by atoms with Crippen molar-refractivity contribution in [2.75, 3.05) is 45.8 Å². The molecule has 0 aliphatic carbocycles. The first-order valence-corrected chi connectivity index (χ1v) is 12.7. The average molecular weight is 493 g/mol. The SMILES string of the molecule is CCOc1ccc(OCC)c(NC(=O)C2CCN(S(=O)(=O)c3ccc(OC)c(OC)c3)CC2)c1. The van der Waals surface area contributed by atoms with Crippen molar-refractivity contribution in [2.24, 2.45) is 5.92 Å². The zero-order chi connectivity index (χ0) is 24.7. The van der Waals surface area contributed by atoms with E-state index in [1.807, 2.05) is 13.8 Å². The molecular weight excluding hydrogens is 460 g/mol. The molecule has 0 aromatic heterocycles. The molecule has 1 fully saturated rings. The van der Waals surface area contributed by atoms with Crippen LogP contribution in [0.25, 0.3) is 0 Å². The largest absolute Gasteiger partial charge is 0.494 e. The molecule has 0 saturated carbocycles. The van der Waals surface area contributed by atoms with Crippen LogP contribution in [-0.4, -0.2) is 59.2 Å². The van der Waals surface area contributed by atoms with Gasteiger partial charge < -0.3 is 24.3 Å². The maximum absolute atomic E-state index is 13.1. The summed E-state index contributed by atoms with van der Waals surface area (Å²) < 4.78 is 49.3. The van der Waals surface area contributed by atoms with Crippen LogP contribution in [0.5, 0.6) is 23.0 Å². The molecular formula is C24H32N2O7S. The van der Waals surface area contributed by atoms with Gasteiger partial charge in [0.2, 0.25) is 15.9 Å². The summed E-state index contributed by atoms with van der Waals surface area (Å²) in [5, 5.41) is 2.93. The van der Waals surface area contributed by atoms with Crippen LogP contribution in [0.1, 0.15) is 26.7 Å². The molecule has 10 heteroatoms. The fraction of sp³-hybridized carbons (Fsp3) is 0.458. The molecule has 186 valence electrons. The predicted octanol–water partition coefficient (Wildman–Crippen LogP) is 3.54. The second kappa shape index (κ2) is 11.4. The van der Waals surface area contributed by atoms with Crippen LogP contribution in [0, 0.1) is 5.92 Å². The lowest BCUT2D eigenvalue weighted by atomic mass is 9.97. The number of rotatable bonds is 10. The van der Waals surface area contributed by atoms with Gasteiger partial charge in [-0.3, -0.25) is 4.79 Å². The van der Waals surface area contributed by atoms with E-state index in [2.05, 4.69) is 5.32 Å². The van der Waals surface area contributed by atoms with Crippen LogP contribution in [-0.2, 0) is 14.8 Å². The van der Waals surface area contributed by atoms with Crippen molar-refractivity contribution in [1.82, 2.24) is 4.31 Å². The molecule has 0 bridgehead atoms. The Morgan fingerprint density at radius 3 is 2.21 bits per heavy atom. The highest BCUT2D eigenvalue weighted by atomic mass is 32.2. The van der Waals surface area contributed by atoms with Gasteiger partial charge >= 0.3 is 0 Å². The van der Waals surface area contributed by atoms with Crippen LogP contribution in [0.2, 0.25) is 0 Å². The first-order valence-electron chi connectivity index (χ1n) is 11.3. The number of methoxy groups -OCH3 is 2. The molecule has 1 amide bonds. The van der Waals surface area contributed by atoms with E-state index in [-0.39, 0.29) is 29.8 Å². The van der Waals surface area contributed by atoms with Crippen molar-refractivity contribution in [1.29, 1.82) is 0 Å². The zero-order valence-electron chi connectivity index (χ0n) is 20.0. The van der Waals surface area contributed by atoms with Gasteiger partial charge in [-0.15, -0.1) is 0 Å². The molecule has 0 unspecified atom stereocenters. The van der Waals surface area contributed by atoms with Crippen LogP contribution < -0.4 is 24.3 Å². The Bertz CT molecular complexity index is 1100. The number of hydrogen-bond donors (Lipinski definition) is 1. The lowest BCUT2D eigenvalue weighted by molar-refractivity contribution is -0.120. The van der Waals surface area contributed by atoms with Crippen molar-refractivity contribution >= 4 is 21.6 Å². The molecule has 2 aromatic rings. The minimum atomic E-state index is -3.72. The van der Waals surface area contributed by atoms with Crippen molar-refractivity contribution < 1.29 is 32.2 Å². The molecule has 2 aromatic carbocycles. The van der Waals surface area contributed by atoms with Crippen LogP contribution >= 0.6 is 0 Å². The number of carbonyl (C=O) groups excluding carboxylic acids is 1. The molecule has 9 nitrogen and oxygen atoms in total. The highest BCUT2D eigenvalue weighted by molar-refractivity contribution is 7.89. The first-order chi connectivity index (χ1) is 16.3. The average Bonchev–Trinajstić information content (AvgIpc) is 2.85. The Kier molecular flexibility index (Phi) is 8.62. The zero-order valence-corrected chi connectivity index (χ0v) is 20.8. The summed E-state index contributed by atoms with van der Waals surface area (Å²) in [6.45, 7) is 5.21. The molecule has 1 heterocycles. The summed E-state index contributed by atoms with van der Waals surface area (Å²) in [7, 11) is -0.774. The lowest BCUT2D eigenvalue weighted by Crippen LogP contribution is -2.41. The normalized spacial score (nSPS) is 14.9. The summed E-state index contributed by atoms with van der Waals surface area (Å²) in [5.74, 6) is 1.51. The van der Waals surface area contributed by atoms with E-state index < -0.39 is 10.0 Å². The predicted molar refractivity (Wildman–Crippen MR) is 128 cm³/mol. The number of anilines is 1. The highest BCUT2D eigenvalue weighted by Crippen LogP contribution is 2.33. The summed E-state index contributed by atoms with van der Waals surface area (Å²) in [4.78, 5) is 13.1. The number of carbonyl (C=O) groups is 1. The van der Waals surface area contributed by atoms with Gasteiger partial charge in [0.15, 0.2) is 11.5 Å². The van der Waals surface area contributed by atoms with E-state index in [9.17, 15) is 13.2 Å². The molecule has 0 spiro atoms. The van der Waals surface area contributed by atoms with E-state index >= 15 is 0 Å². The number of benzene rings is 2. The fourth-order valence-electron chi connectivity index (χ4n) is 3.86. The topological polar surface area (TPSA) is 103 Å². The molecule has 34 heavy (non-hydrogen) atoms.